The summed E-state index contributed by atoms with van der Waals surface area (Å²) in [7, 11) is 0. The summed E-state index contributed by atoms with van der Waals surface area (Å²) >= 11 is 0. The first-order chi connectivity index (χ1) is 11.1. The van der Waals surface area contributed by atoms with Crippen molar-refractivity contribution < 1.29 is 9.59 Å². The van der Waals surface area contributed by atoms with Crippen LogP contribution in [0.15, 0.2) is 11.8 Å². The van der Waals surface area contributed by atoms with E-state index in [0.717, 1.165) is 25.8 Å². The Morgan fingerprint density at radius 1 is 1.13 bits per heavy atom. The minimum atomic E-state index is -0.212. The number of piperazine rings is 1. The van der Waals surface area contributed by atoms with E-state index in [1.165, 1.54) is 6.42 Å². The highest BCUT2D eigenvalue weighted by Crippen LogP contribution is 2.21. The zero-order valence-electron chi connectivity index (χ0n) is 14.1. The van der Waals surface area contributed by atoms with Crippen molar-refractivity contribution in [2.75, 3.05) is 32.7 Å². The van der Waals surface area contributed by atoms with Crippen LogP contribution < -0.4 is 0 Å². The minimum absolute atomic E-state index is 0.0345. The van der Waals surface area contributed by atoms with Gasteiger partial charge < -0.3 is 14.7 Å². The quantitative estimate of drug-likeness (QED) is 0.582. The SMILES string of the molecule is CCC1CCCCN1/C=C(/C#N)C(=O)N1CCN(C(C)=O)CC1. The summed E-state index contributed by atoms with van der Waals surface area (Å²) < 4.78 is 0. The second kappa shape index (κ2) is 8.00. The smallest absolute Gasteiger partial charge is 0.266 e. The van der Waals surface area contributed by atoms with Crippen molar-refractivity contribution in [2.24, 2.45) is 0 Å². The maximum absolute atomic E-state index is 12.6. The first-order valence-electron chi connectivity index (χ1n) is 8.49. The number of hydrogen-bond donors (Lipinski definition) is 0. The summed E-state index contributed by atoms with van der Waals surface area (Å²) in [5.41, 5.74) is 0.210. The Morgan fingerprint density at radius 3 is 2.35 bits per heavy atom. The molecule has 2 heterocycles. The fourth-order valence-corrected chi connectivity index (χ4v) is 3.32. The highest BCUT2D eigenvalue weighted by Gasteiger charge is 2.26. The minimum Gasteiger partial charge on any atom is -0.373 e. The van der Waals surface area contributed by atoms with Gasteiger partial charge in [0.05, 0.1) is 0 Å². The Labute approximate surface area is 138 Å². The molecule has 2 fully saturated rings. The lowest BCUT2D eigenvalue weighted by molar-refractivity contribution is -0.136. The molecule has 0 aliphatic carbocycles. The lowest BCUT2D eigenvalue weighted by Crippen LogP contribution is -2.50. The van der Waals surface area contributed by atoms with Crippen molar-refractivity contribution in [3.8, 4) is 6.07 Å². The zero-order valence-corrected chi connectivity index (χ0v) is 14.1. The molecule has 0 bridgehead atoms. The van der Waals surface area contributed by atoms with Crippen LogP contribution in [0.25, 0.3) is 0 Å². The summed E-state index contributed by atoms with van der Waals surface area (Å²) in [4.78, 5) is 29.5. The number of nitriles is 1. The second-order valence-corrected chi connectivity index (χ2v) is 6.25. The molecule has 1 atom stereocenters. The number of rotatable bonds is 3. The highest BCUT2D eigenvalue weighted by molar-refractivity contribution is 5.97. The highest BCUT2D eigenvalue weighted by atomic mass is 16.2. The third-order valence-electron chi connectivity index (χ3n) is 4.80. The van der Waals surface area contributed by atoms with Crippen LogP contribution in [0.2, 0.25) is 0 Å². The van der Waals surface area contributed by atoms with E-state index < -0.39 is 0 Å². The summed E-state index contributed by atoms with van der Waals surface area (Å²) in [5, 5.41) is 9.40. The molecule has 0 spiro atoms. The lowest BCUT2D eigenvalue weighted by atomic mass is 10.0. The lowest BCUT2D eigenvalue weighted by Gasteiger charge is -2.36. The van der Waals surface area contributed by atoms with Gasteiger partial charge in [0.1, 0.15) is 11.6 Å². The van der Waals surface area contributed by atoms with E-state index in [1.54, 1.807) is 22.9 Å². The largest absolute Gasteiger partial charge is 0.373 e. The number of nitrogens with zero attached hydrogens (tertiary/aromatic N) is 4. The molecular formula is C17H26N4O2. The third kappa shape index (κ3) is 4.25. The van der Waals surface area contributed by atoms with E-state index in [1.807, 2.05) is 0 Å². The van der Waals surface area contributed by atoms with Gasteiger partial charge in [0, 0.05) is 51.9 Å². The van der Waals surface area contributed by atoms with Gasteiger partial charge in [-0.15, -0.1) is 0 Å². The van der Waals surface area contributed by atoms with Crippen molar-refractivity contribution in [3.05, 3.63) is 11.8 Å². The Morgan fingerprint density at radius 2 is 1.78 bits per heavy atom. The van der Waals surface area contributed by atoms with Gasteiger partial charge in [0.2, 0.25) is 5.91 Å². The molecule has 2 rings (SSSR count). The van der Waals surface area contributed by atoms with Crippen LogP contribution in [0.4, 0.5) is 0 Å². The van der Waals surface area contributed by atoms with Gasteiger partial charge in [-0.25, -0.2) is 0 Å². The van der Waals surface area contributed by atoms with Crippen molar-refractivity contribution >= 4 is 11.8 Å². The average molecular weight is 318 g/mol. The first-order valence-corrected chi connectivity index (χ1v) is 8.49. The molecule has 0 N–H and O–H groups in total. The van der Waals surface area contributed by atoms with Crippen LogP contribution in [-0.2, 0) is 9.59 Å². The third-order valence-corrected chi connectivity index (χ3v) is 4.80. The van der Waals surface area contributed by atoms with Crippen LogP contribution in [0.3, 0.4) is 0 Å². The summed E-state index contributed by atoms with van der Waals surface area (Å²) in [6, 6.07) is 2.50. The van der Waals surface area contributed by atoms with Crippen LogP contribution in [0.5, 0.6) is 0 Å². The van der Waals surface area contributed by atoms with Crippen LogP contribution in [0, 0.1) is 11.3 Å². The zero-order chi connectivity index (χ0) is 16.8. The Bertz CT molecular complexity index is 515. The van der Waals surface area contributed by atoms with Crippen LogP contribution in [0.1, 0.15) is 39.5 Å². The molecule has 2 aliphatic heterocycles. The number of piperidine rings is 1. The molecule has 2 aliphatic rings. The molecule has 6 nitrogen and oxygen atoms in total. The summed E-state index contributed by atoms with van der Waals surface area (Å²) in [5.74, 6) is -0.177. The second-order valence-electron chi connectivity index (χ2n) is 6.25. The Kier molecular flexibility index (Phi) is 6.03. The standard InChI is InChI=1S/C17H26N4O2/c1-3-16-6-4-5-7-21(16)13-15(12-18)17(23)20-10-8-19(9-11-20)14(2)22/h13,16H,3-11H2,1-2H3/b15-13-. The molecule has 1 unspecified atom stereocenters. The predicted octanol–water partition coefficient (Wildman–Crippen LogP) is 1.35. The molecule has 6 heteroatoms. The van der Waals surface area contributed by atoms with Crippen molar-refractivity contribution in [3.63, 3.8) is 0 Å². The van der Waals surface area contributed by atoms with Gasteiger partial charge in [-0.05, 0) is 25.7 Å². The first kappa shape index (κ1) is 17.3. The molecule has 23 heavy (non-hydrogen) atoms. The normalized spacial score (nSPS) is 22.7. The molecule has 0 aromatic heterocycles. The Hall–Kier alpha value is -2.03. The maximum Gasteiger partial charge on any atom is 0.266 e. The molecule has 0 aromatic carbocycles. The molecule has 126 valence electrons. The maximum atomic E-state index is 12.6. The molecule has 0 saturated carbocycles. The van der Waals surface area contributed by atoms with Gasteiger partial charge in [-0.3, -0.25) is 9.59 Å². The monoisotopic (exact) mass is 318 g/mol. The van der Waals surface area contributed by atoms with E-state index in [0.29, 0.717) is 32.2 Å². The number of carbonyl (C=O) groups excluding carboxylic acids is 2. The van der Waals surface area contributed by atoms with E-state index >= 15 is 0 Å². The van der Waals surface area contributed by atoms with Gasteiger partial charge in [0.15, 0.2) is 0 Å². The fraction of sp³-hybridized carbons (Fsp3) is 0.706. The van der Waals surface area contributed by atoms with Crippen molar-refractivity contribution in [1.82, 2.24) is 14.7 Å². The molecule has 0 radical (unpaired) electrons. The average Bonchev–Trinajstić information content (AvgIpc) is 2.59. The topological polar surface area (TPSA) is 67.7 Å². The van der Waals surface area contributed by atoms with Gasteiger partial charge >= 0.3 is 0 Å². The fourth-order valence-electron chi connectivity index (χ4n) is 3.32. The summed E-state index contributed by atoms with van der Waals surface area (Å²) in [6.45, 7) is 6.67. The summed E-state index contributed by atoms with van der Waals surface area (Å²) in [6.07, 6.45) is 6.23. The van der Waals surface area contributed by atoms with Crippen molar-refractivity contribution in [1.29, 1.82) is 5.26 Å². The van der Waals surface area contributed by atoms with Gasteiger partial charge in [-0.1, -0.05) is 6.92 Å². The van der Waals surface area contributed by atoms with E-state index in [9.17, 15) is 14.9 Å². The van der Waals surface area contributed by atoms with Crippen molar-refractivity contribution in [2.45, 2.75) is 45.6 Å². The van der Waals surface area contributed by atoms with Gasteiger partial charge in [-0.2, -0.15) is 5.26 Å². The number of likely N-dealkylation sites (tertiary alicyclic amines) is 1. The van der Waals surface area contributed by atoms with Gasteiger partial charge in [0.25, 0.3) is 5.91 Å². The van der Waals surface area contributed by atoms with Crippen LogP contribution >= 0.6 is 0 Å². The number of hydrogen-bond acceptors (Lipinski definition) is 4. The van der Waals surface area contributed by atoms with E-state index in [2.05, 4.69) is 17.9 Å². The van der Waals surface area contributed by atoms with E-state index in [-0.39, 0.29) is 17.4 Å². The van der Waals surface area contributed by atoms with Crippen LogP contribution in [-0.4, -0.2) is 65.3 Å². The molecule has 2 saturated heterocycles. The molecule has 2 amide bonds. The predicted molar refractivity (Wildman–Crippen MR) is 87.2 cm³/mol. The number of carbonyl (C=O) groups is 2. The number of amides is 2. The molecule has 0 aromatic rings. The molecular weight excluding hydrogens is 292 g/mol. The Balaban J connectivity index is 2.02. The van der Waals surface area contributed by atoms with E-state index in [4.69, 9.17) is 0 Å².